The van der Waals surface area contributed by atoms with E-state index >= 15 is 0 Å². The summed E-state index contributed by atoms with van der Waals surface area (Å²) in [5.74, 6) is 0.963. The molecule has 1 saturated carbocycles. The van der Waals surface area contributed by atoms with E-state index in [1.807, 2.05) is 43.1 Å². The zero-order valence-corrected chi connectivity index (χ0v) is 14.9. The number of carbonyl (C=O) groups is 1. The van der Waals surface area contributed by atoms with Crippen LogP contribution in [0.5, 0.6) is 5.75 Å². The van der Waals surface area contributed by atoms with Gasteiger partial charge >= 0.3 is 0 Å². The number of amides is 1. The van der Waals surface area contributed by atoms with Crippen LogP contribution in [0.4, 0.5) is 5.69 Å². The van der Waals surface area contributed by atoms with Crippen LogP contribution in [0.3, 0.4) is 0 Å². The average molecular weight is 334 g/mol. The zero-order valence-electron chi connectivity index (χ0n) is 14.9. The molecule has 5 heteroatoms. The van der Waals surface area contributed by atoms with Crippen molar-refractivity contribution in [2.24, 2.45) is 0 Å². The Morgan fingerprint density at radius 1 is 1.17 bits per heavy atom. The van der Waals surface area contributed by atoms with Crippen LogP contribution in [0.1, 0.15) is 39.0 Å². The molecule has 24 heavy (non-hydrogen) atoms. The topological polar surface area (TPSA) is 50.8 Å². The molecule has 0 spiro atoms. The number of benzene rings is 1. The molecule has 0 unspecified atom stereocenters. The van der Waals surface area contributed by atoms with Crippen molar-refractivity contribution < 1.29 is 14.3 Å². The smallest absolute Gasteiger partial charge is 0.241 e. The number of ether oxygens (including phenoxy) is 2. The third-order valence-electron chi connectivity index (χ3n) is 4.51. The third kappa shape index (κ3) is 6.04. The second kappa shape index (κ2) is 10.2. The highest BCUT2D eigenvalue weighted by Crippen LogP contribution is 2.22. The van der Waals surface area contributed by atoms with Crippen LogP contribution < -0.4 is 10.1 Å². The second-order valence-electron chi connectivity index (χ2n) is 6.22. The van der Waals surface area contributed by atoms with Gasteiger partial charge in [-0.2, -0.15) is 0 Å². The quantitative estimate of drug-likeness (QED) is 0.704. The monoisotopic (exact) mass is 334 g/mol. The van der Waals surface area contributed by atoms with Crippen LogP contribution in [-0.4, -0.2) is 50.3 Å². The van der Waals surface area contributed by atoms with E-state index in [4.69, 9.17) is 9.47 Å². The van der Waals surface area contributed by atoms with E-state index in [2.05, 4.69) is 5.32 Å². The predicted molar refractivity (Wildman–Crippen MR) is 96.6 cm³/mol. The molecule has 134 valence electrons. The minimum absolute atomic E-state index is 0.152. The van der Waals surface area contributed by atoms with Crippen molar-refractivity contribution in [3.63, 3.8) is 0 Å². The molecule has 2 rings (SSSR count). The summed E-state index contributed by atoms with van der Waals surface area (Å²) in [4.78, 5) is 14.2. The molecular weight excluding hydrogens is 304 g/mol. The van der Waals surface area contributed by atoms with Crippen LogP contribution in [0.15, 0.2) is 24.3 Å². The van der Waals surface area contributed by atoms with Gasteiger partial charge in [-0.05, 0) is 44.0 Å². The maximum atomic E-state index is 12.3. The van der Waals surface area contributed by atoms with Crippen molar-refractivity contribution in [2.45, 2.75) is 45.1 Å². The summed E-state index contributed by atoms with van der Waals surface area (Å²) < 4.78 is 10.8. The number of hydrogen-bond donors (Lipinski definition) is 1. The molecule has 0 heterocycles. The van der Waals surface area contributed by atoms with E-state index in [1.165, 1.54) is 19.3 Å². The molecule has 1 amide bonds. The molecule has 1 fully saturated rings. The molecule has 1 aromatic rings. The molecule has 0 bridgehead atoms. The summed E-state index contributed by atoms with van der Waals surface area (Å²) in [5, 5.41) is 3.20. The van der Waals surface area contributed by atoms with Crippen LogP contribution in [0.2, 0.25) is 0 Å². The number of nitrogens with one attached hydrogen (secondary N) is 1. The van der Waals surface area contributed by atoms with Gasteiger partial charge in [-0.1, -0.05) is 19.3 Å². The third-order valence-corrected chi connectivity index (χ3v) is 4.51. The van der Waals surface area contributed by atoms with E-state index in [9.17, 15) is 4.79 Å². The highest BCUT2D eigenvalue weighted by Gasteiger charge is 2.21. The van der Waals surface area contributed by atoms with Gasteiger partial charge in [0.25, 0.3) is 0 Å². The fraction of sp³-hybridized carbons (Fsp3) is 0.632. The second-order valence-corrected chi connectivity index (χ2v) is 6.22. The maximum Gasteiger partial charge on any atom is 0.241 e. The SMILES string of the molecule is CCOCCOc1ccc(NCC(=O)N(C)C2CCCCC2)cc1. The number of carbonyl (C=O) groups excluding carboxylic acids is 1. The first-order chi connectivity index (χ1) is 11.7. The lowest BCUT2D eigenvalue weighted by Gasteiger charge is -2.31. The number of likely N-dealkylation sites (N-methyl/N-ethyl adjacent to an activating group) is 1. The molecular formula is C19H30N2O3. The molecule has 0 atom stereocenters. The van der Waals surface area contributed by atoms with Gasteiger partial charge in [-0.25, -0.2) is 0 Å². The number of nitrogens with zero attached hydrogens (tertiary/aromatic N) is 1. The maximum absolute atomic E-state index is 12.3. The standard InChI is InChI=1S/C19H30N2O3/c1-3-23-13-14-24-18-11-9-16(10-12-18)20-15-19(22)21(2)17-7-5-4-6-8-17/h9-12,17,20H,3-8,13-15H2,1-2H3. The van der Waals surface area contributed by atoms with Crippen molar-refractivity contribution in [1.29, 1.82) is 0 Å². The minimum atomic E-state index is 0.152. The lowest BCUT2D eigenvalue weighted by Crippen LogP contribution is -2.41. The minimum Gasteiger partial charge on any atom is -0.491 e. The van der Waals surface area contributed by atoms with Crippen LogP contribution in [0.25, 0.3) is 0 Å². The first kappa shape index (κ1) is 18.6. The Hall–Kier alpha value is -1.75. The van der Waals surface area contributed by atoms with Gasteiger partial charge in [0.05, 0.1) is 13.2 Å². The van der Waals surface area contributed by atoms with E-state index in [1.54, 1.807) is 0 Å². The molecule has 5 nitrogen and oxygen atoms in total. The average Bonchev–Trinajstić information content (AvgIpc) is 2.64. The van der Waals surface area contributed by atoms with Crippen molar-refractivity contribution in [3.8, 4) is 5.75 Å². The van der Waals surface area contributed by atoms with E-state index in [0.29, 0.717) is 32.4 Å². The summed E-state index contributed by atoms with van der Waals surface area (Å²) >= 11 is 0. The molecule has 0 aromatic heterocycles. The first-order valence-corrected chi connectivity index (χ1v) is 9.01. The fourth-order valence-electron chi connectivity index (χ4n) is 3.01. The van der Waals surface area contributed by atoms with Gasteiger partial charge in [0.2, 0.25) is 5.91 Å². The molecule has 1 aromatic carbocycles. The molecule has 1 aliphatic carbocycles. The van der Waals surface area contributed by atoms with Crippen molar-refractivity contribution >= 4 is 11.6 Å². The van der Waals surface area contributed by atoms with Crippen molar-refractivity contribution in [2.75, 3.05) is 38.7 Å². The van der Waals surface area contributed by atoms with Crippen LogP contribution in [-0.2, 0) is 9.53 Å². The zero-order chi connectivity index (χ0) is 17.2. The van der Waals surface area contributed by atoms with Crippen LogP contribution >= 0.6 is 0 Å². The van der Waals surface area contributed by atoms with Gasteiger partial charge in [0, 0.05) is 25.4 Å². The Labute approximate surface area is 145 Å². The van der Waals surface area contributed by atoms with Gasteiger partial charge < -0.3 is 19.7 Å². The predicted octanol–water partition coefficient (Wildman–Crippen LogP) is 3.30. The lowest BCUT2D eigenvalue weighted by atomic mass is 9.94. The summed E-state index contributed by atoms with van der Waals surface area (Å²) in [6, 6.07) is 8.09. The van der Waals surface area contributed by atoms with Crippen molar-refractivity contribution in [1.82, 2.24) is 4.90 Å². The Kier molecular flexibility index (Phi) is 7.89. The largest absolute Gasteiger partial charge is 0.491 e. The Morgan fingerprint density at radius 3 is 2.54 bits per heavy atom. The summed E-state index contributed by atoms with van der Waals surface area (Å²) in [5.41, 5.74) is 0.928. The Morgan fingerprint density at radius 2 is 1.88 bits per heavy atom. The summed E-state index contributed by atoms with van der Waals surface area (Å²) in [6.45, 7) is 4.14. The van der Waals surface area contributed by atoms with Gasteiger partial charge in [0.15, 0.2) is 0 Å². The fourth-order valence-corrected chi connectivity index (χ4v) is 3.01. The summed E-state index contributed by atoms with van der Waals surface area (Å²) in [6.07, 6.45) is 6.04. The Balaban J connectivity index is 1.72. The van der Waals surface area contributed by atoms with E-state index < -0.39 is 0 Å². The normalized spacial score (nSPS) is 15.1. The van der Waals surface area contributed by atoms with E-state index in [-0.39, 0.29) is 5.91 Å². The Bertz CT molecular complexity index is 484. The van der Waals surface area contributed by atoms with Crippen LogP contribution in [0, 0.1) is 0 Å². The highest BCUT2D eigenvalue weighted by atomic mass is 16.5. The molecule has 0 aliphatic heterocycles. The number of anilines is 1. The highest BCUT2D eigenvalue weighted by molar-refractivity contribution is 5.81. The number of hydrogen-bond acceptors (Lipinski definition) is 4. The van der Waals surface area contributed by atoms with Crippen molar-refractivity contribution in [3.05, 3.63) is 24.3 Å². The first-order valence-electron chi connectivity index (χ1n) is 9.01. The molecule has 1 aliphatic rings. The lowest BCUT2D eigenvalue weighted by molar-refractivity contribution is -0.130. The molecule has 0 radical (unpaired) electrons. The van der Waals surface area contributed by atoms with Gasteiger partial charge in [0.1, 0.15) is 12.4 Å². The van der Waals surface area contributed by atoms with E-state index in [0.717, 1.165) is 24.3 Å². The number of rotatable bonds is 9. The van der Waals surface area contributed by atoms with Gasteiger partial charge in [-0.15, -0.1) is 0 Å². The van der Waals surface area contributed by atoms with Gasteiger partial charge in [-0.3, -0.25) is 4.79 Å². The molecule has 0 saturated heterocycles. The molecule has 1 N–H and O–H groups in total. The summed E-state index contributed by atoms with van der Waals surface area (Å²) in [7, 11) is 1.93.